The Labute approximate surface area is 147 Å². The normalized spacial score (nSPS) is 10.4. The Morgan fingerprint density at radius 3 is 2.00 bits per heavy atom. The van der Waals surface area contributed by atoms with E-state index in [1.165, 1.54) is 0 Å². The van der Waals surface area contributed by atoms with Crippen LogP contribution in [0.2, 0.25) is 0 Å². The Morgan fingerprint density at radius 1 is 1.04 bits per heavy atom. The summed E-state index contributed by atoms with van der Waals surface area (Å²) in [5.74, 6) is 0. The predicted octanol–water partition coefficient (Wildman–Crippen LogP) is 2.90. The number of ether oxygens (including phenoxy) is 1. The van der Waals surface area contributed by atoms with Gasteiger partial charge in [0, 0.05) is 13.1 Å². The fraction of sp³-hybridized carbons (Fsp3) is 0.263. The van der Waals surface area contributed by atoms with E-state index in [0.717, 1.165) is 16.0 Å². The fourth-order valence-corrected chi connectivity index (χ4v) is 2.46. The molecule has 0 aliphatic rings. The summed E-state index contributed by atoms with van der Waals surface area (Å²) in [6.07, 6.45) is -0.703. The Hall–Kier alpha value is -2.86. The van der Waals surface area contributed by atoms with Gasteiger partial charge in [0.1, 0.15) is 0 Å². The molecule has 0 saturated carbocycles. The summed E-state index contributed by atoms with van der Waals surface area (Å²) in [6.45, 7) is 2.12. The van der Waals surface area contributed by atoms with E-state index >= 15 is 0 Å². The molecule has 0 bridgehead atoms. The highest BCUT2D eigenvalue weighted by molar-refractivity contribution is 5.91. The predicted molar refractivity (Wildman–Crippen MR) is 96.0 cm³/mol. The molecule has 25 heavy (non-hydrogen) atoms. The Morgan fingerprint density at radius 2 is 1.56 bits per heavy atom. The van der Waals surface area contributed by atoms with E-state index in [2.05, 4.69) is 5.32 Å². The number of imide groups is 1. The lowest BCUT2D eigenvalue weighted by Crippen LogP contribution is -2.47. The molecule has 0 atom stereocenters. The van der Waals surface area contributed by atoms with E-state index in [0.29, 0.717) is 0 Å². The number of nitrogens with one attached hydrogen (secondary N) is 1. The monoisotopic (exact) mass is 341 g/mol. The second kappa shape index (κ2) is 9.44. The van der Waals surface area contributed by atoms with Crippen molar-refractivity contribution in [2.24, 2.45) is 5.73 Å². The molecule has 0 unspecified atom stereocenters. The third-order valence-electron chi connectivity index (χ3n) is 3.62. The number of carbonyl (C=O) groups is 2. The molecule has 3 amide bonds. The molecule has 2 rings (SSSR count). The van der Waals surface area contributed by atoms with E-state index in [-0.39, 0.29) is 25.7 Å². The number of nitrogens with zero attached hydrogens (tertiary/aromatic N) is 1. The number of carbonyl (C=O) groups excluding carboxylic acids is 2. The average Bonchev–Trinajstić information content (AvgIpc) is 2.65. The van der Waals surface area contributed by atoms with Crippen LogP contribution < -0.4 is 11.1 Å². The topological polar surface area (TPSA) is 84.7 Å². The highest BCUT2D eigenvalue weighted by atomic mass is 16.6. The molecule has 0 radical (unpaired) electrons. The molecule has 2 aromatic rings. The fourth-order valence-electron chi connectivity index (χ4n) is 2.46. The first kappa shape index (κ1) is 18.5. The summed E-state index contributed by atoms with van der Waals surface area (Å²) in [6, 6.07) is 18.2. The first-order valence-corrected chi connectivity index (χ1v) is 8.22. The molecule has 0 aliphatic carbocycles. The van der Waals surface area contributed by atoms with Crippen LogP contribution in [0.15, 0.2) is 60.7 Å². The lowest BCUT2D eigenvalue weighted by atomic mass is 9.99. The number of nitrogens with two attached hydrogens (primary N) is 1. The van der Waals surface area contributed by atoms with E-state index < -0.39 is 12.1 Å². The zero-order valence-electron chi connectivity index (χ0n) is 14.2. The summed E-state index contributed by atoms with van der Waals surface area (Å²) in [5.41, 5.74) is 7.36. The molecule has 3 N–H and O–H groups in total. The molecule has 0 aliphatic heterocycles. The summed E-state index contributed by atoms with van der Waals surface area (Å²) >= 11 is 0. The van der Waals surface area contributed by atoms with Gasteiger partial charge in [-0.15, -0.1) is 0 Å². The molecule has 2 aromatic carbocycles. The van der Waals surface area contributed by atoms with E-state index in [4.69, 9.17) is 10.5 Å². The lowest BCUT2D eigenvalue weighted by Gasteiger charge is -2.25. The van der Waals surface area contributed by atoms with Gasteiger partial charge < -0.3 is 15.8 Å². The zero-order chi connectivity index (χ0) is 18.1. The summed E-state index contributed by atoms with van der Waals surface area (Å²) in [7, 11) is 0. The highest BCUT2D eigenvalue weighted by Crippen LogP contribution is 2.22. The van der Waals surface area contributed by atoms with Gasteiger partial charge in [0.25, 0.3) is 0 Å². The molecule has 6 nitrogen and oxygen atoms in total. The van der Waals surface area contributed by atoms with E-state index in [9.17, 15) is 9.59 Å². The number of amides is 3. The standard InChI is InChI=1S/C19H23N3O3/c1-2-25-19(24)22(14-13-20)18(23)21-17(15-9-5-3-6-10-15)16-11-7-4-8-12-16/h3-12,17H,2,13-14,20H2,1H3,(H,21,23). The van der Waals surface area contributed by atoms with Crippen molar-refractivity contribution in [3.63, 3.8) is 0 Å². The third-order valence-corrected chi connectivity index (χ3v) is 3.62. The van der Waals surface area contributed by atoms with Crippen LogP contribution in [-0.2, 0) is 4.74 Å². The largest absolute Gasteiger partial charge is 0.449 e. The van der Waals surface area contributed by atoms with Crippen LogP contribution in [0.4, 0.5) is 9.59 Å². The van der Waals surface area contributed by atoms with Crippen molar-refractivity contribution < 1.29 is 14.3 Å². The smallest absolute Gasteiger partial charge is 0.418 e. The summed E-state index contributed by atoms with van der Waals surface area (Å²) in [5, 5.41) is 2.90. The first-order chi connectivity index (χ1) is 12.2. The van der Waals surface area contributed by atoms with Crippen molar-refractivity contribution in [2.75, 3.05) is 19.7 Å². The van der Waals surface area contributed by atoms with Gasteiger partial charge in [-0.2, -0.15) is 0 Å². The number of urea groups is 1. The maximum absolute atomic E-state index is 12.7. The van der Waals surface area contributed by atoms with Crippen LogP contribution in [0.1, 0.15) is 24.1 Å². The zero-order valence-corrected chi connectivity index (χ0v) is 14.2. The molecule has 0 aromatic heterocycles. The minimum absolute atomic E-state index is 0.0843. The summed E-state index contributed by atoms with van der Waals surface area (Å²) < 4.78 is 4.94. The maximum atomic E-state index is 12.7. The van der Waals surface area contributed by atoms with Crippen molar-refractivity contribution >= 4 is 12.1 Å². The van der Waals surface area contributed by atoms with Crippen molar-refractivity contribution in [3.05, 3.63) is 71.8 Å². The van der Waals surface area contributed by atoms with Gasteiger partial charge in [-0.25, -0.2) is 14.5 Å². The van der Waals surface area contributed by atoms with Crippen LogP contribution in [0.3, 0.4) is 0 Å². The second-order valence-corrected chi connectivity index (χ2v) is 5.34. The SMILES string of the molecule is CCOC(=O)N(CCN)C(=O)NC(c1ccccc1)c1ccccc1. The Balaban J connectivity index is 2.26. The van der Waals surface area contributed by atoms with Gasteiger partial charge in [0.2, 0.25) is 0 Å². The molecule has 6 heteroatoms. The van der Waals surface area contributed by atoms with Gasteiger partial charge >= 0.3 is 12.1 Å². The molecule has 0 fully saturated rings. The number of benzene rings is 2. The van der Waals surface area contributed by atoms with E-state index in [1.54, 1.807) is 6.92 Å². The van der Waals surface area contributed by atoms with Crippen LogP contribution in [0.5, 0.6) is 0 Å². The van der Waals surface area contributed by atoms with E-state index in [1.807, 2.05) is 60.7 Å². The van der Waals surface area contributed by atoms with Crippen molar-refractivity contribution in [1.29, 1.82) is 0 Å². The number of hydrogen-bond donors (Lipinski definition) is 2. The van der Waals surface area contributed by atoms with Gasteiger partial charge in [0.15, 0.2) is 0 Å². The quantitative estimate of drug-likeness (QED) is 0.846. The Kier molecular flexibility index (Phi) is 6.98. The molecule has 132 valence electrons. The second-order valence-electron chi connectivity index (χ2n) is 5.34. The summed E-state index contributed by atoms with van der Waals surface area (Å²) in [4.78, 5) is 25.7. The minimum Gasteiger partial charge on any atom is -0.449 e. The number of hydrogen-bond acceptors (Lipinski definition) is 4. The molecule has 0 heterocycles. The van der Waals surface area contributed by atoms with Gasteiger partial charge in [-0.3, -0.25) is 0 Å². The number of rotatable bonds is 6. The molecule has 0 saturated heterocycles. The maximum Gasteiger partial charge on any atom is 0.418 e. The third kappa shape index (κ3) is 5.06. The van der Waals surface area contributed by atoms with Crippen LogP contribution in [0, 0.1) is 0 Å². The average molecular weight is 341 g/mol. The molecule has 0 spiro atoms. The molecular formula is C19H23N3O3. The van der Waals surface area contributed by atoms with Crippen molar-refractivity contribution in [2.45, 2.75) is 13.0 Å². The molecular weight excluding hydrogens is 318 g/mol. The van der Waals surface area contributed by atoms with Crippen LogP contribution in [-0.4, -0.2) is 36.7 Å². The van der Waals surface area contributed by atoms with Crippen LogP contribution in [0.25, 0.3) is 0 Å². The highest BCUT2D eigenvalue weighted by Gasteiger charge is 2.25. The Bertz CT molecular complexity index is 637. The van der Waals surface area contributed by atoms with Crippen molar-refractivity contribution in [3.8, 4) is 0 Å². The van der Waals surface area contributed by atoms with Gasteiger partial charge in [-0.1, -0.05) is 60.7 Å². The minimum atomic E-state index is -0.703. The van der Waals surface area contributed by atoms with Crippen molar-refractivity contribution in [1.82, 2.24) is 10.2 Å². The lowest BCUT2D eigenvalue weighted by molar-refractivity contribution is 0.114. The van der Waals surface area contributed by atoms with Crippen LogP contribution >= 0.6 is 0 Å². The van der Waals surface area contributed by atoms with Gasteiger partial charge in [0.05, 0.1) is 12.6 Å². The van der Waals surface area contributed by atoms with Gasteiger partial charge in [-0.05, 0) is 18.1 Å². The first-order valence-electron chi connectivity index (χ1n) is 8.22.